The summed E-state index contributed by atoms with van der Waals surface area (Å²) in [5.74, 6) is -1.09. The van der Waals surface area contributed by atoms with Crippen molar-refractivity contribution in [3.05, 3.63) is 23.8 Å². The molecular weight excluding hydrogens is 414 g/mol. The van der Waals surface area contributed by atoms with Gasteiger partial charge in [-0.3, -0.25) is 4.79 Å². The lowest BCUT2D eigenvalue weighted by Crippen LogP contribution is -2.47. The molecule has 182 valence electrons. The number of carboxylic acids is 1. The van der Waals surface area contributed by atoms with E-state index < -0.39 is 35.7 Å². The fourth-order valence-corrected chi connectivity index (χ4v) is 3.48. The van der Waals surface area contributed by atoms with Crippen molar-refractivity contribution in [2.75, 3.05) is 7.11 Å². The normalized spacial score (nSPS) is 15.5. The van der Waals surface area contributed by atoms with E-state index in [0.717, 1.165) is 5.56 Å². The quantitative estimate of drug-likeness (QED) is 0.399. The largest absolute Gasteiger partial charge is 0.504 e. The molecule has 0 aromatic heterocycles. The standard InChI is InChI=1S/C24H39NO7/c1-14(2)17(11-16-8-9-21(31-7)20(27)12-16)13-18(19(26)10-15(3)22(28)29)25-23(30)32-24(4,5)6/h8-9,12,14-15,17-19,26-27H,10-11,13H2,1-7H3,(H,25,30)(H,28,29)/t15-,17+,18+,19+/m1/s1. The summed E-state index contributed by atoms with van der Waals surface area (Å²) in [7, 11) is 1.48. The van der Waals surface area contributed by atoms with Crippen LogP contribution in [0.5, 0.6) is 11.5 Å². The molecule has 0 aliphatic carbocycles. The number of aromatic hydroxyl groups is 1. The topological polar surface area (TPSA) is 125 Å². The number of carbonyl (C=O) groups excluding carboxylic acids is 1. The van der Waals surface area contributed by atoms with Crippen LogP contribution in [0, 0.1) is 17.8 Å². The Bertz CT molecular complexity index is 757. The number of aliphatic carboxylic acids is 1. The number of phenols is 1. The molecule has 1 rings (SSSR count). The molecule has 1 amide bonds. The predicted octanol–water partition coefficient (Wildman–Crippen LogP) is 3.97. The molecule has 1 aromatic rings. The van der Waals surface area contributed by atoms with Crippen molar-refractivity contribution in [2.45, 2.75) is 78.6 Å². The molecule has 0 saturated heterocycles. The van der Waals surface area contributed by atoms with Gasteiger partial charge in [-0.05, 0) is 69.6 Å². The highest BCUT2D eigenvalue weighted by Gasteiger charge is 2.30. The highest BCUT2D eigenvalue weighted by Crippen LogP contribution is 2.30. The SMILES string of the molecule is COc1ccc(C[C@@H](C[C@H](NC(=O)OC(C)(C)C)[C@@H](O)C[C@@H](C)C(=O)O)C(C)C)cc1O. The molecule has 0 saturated carbocycles. The molecule has 0 bridgehead atoms. The van der Waals surface area contributed by atoms with Gasteiger partial charge in [-0.25, -0.2) is 4.79 Å². The number of aliphatic hydroxyl groups excluding tert-OH is 1. The maximum absolute atomic E-state index is 12.4. The first-order chi connectivity index (χ1) is 14.7. The van der Waals surface area contributed by atoms with E-state index in [9.17, 15) is 24.9 Å². The highest BCUT2D eigenvalue weighted by atomic mass is 16.6. The third-order valence-electron chi connectivity index (χ3n) is 5.42. The second kappa shape index (κ2) is 11.9. The van der Waals surface area contributed by atoms with Gasteiger partial charge in [0.15, 0.2) is 11.5 Å². The Kier molecular flexibility index (Phi) is 10.3. The van der Waals surface area contributed by atoms with Crippen molar-refractivity contribution in [2.24, 2.45) is 17.8 Å². The van der Waals surface area contributed by atoms with Crippen molar-refractivity contribution in [3.8, 4) is 11.5 Å². The Morgan fingerprint density at radius 2 is 1.75 bits per heavy atom. The Labute approximate surface area is 190 Å². The van der Waals surface area contributed by atoms with E-state index in [4.69, 9.17) is 9.47 Å². The van der Waals surface area contributed by atoms with Gasteiger partial charge in [0.05, 0.1) is 25.2 Å². The minimum absolute atomic E-state index is 0.00391. The zero-order valence-corrected chi connectivity index (χ0v) is 20.2. The van der Waals surface area contributed by atoms with Crippen LogP contribution in [-0.4, -0.2) is 52.2 Å². The molecule has 8 nitrogen and oxygen atoms in total. The first-order valence-electron chi connectivity index (χ1n) is 11.0. The summed E-state index contributed by atoms with van der Waals surface area (Å²) in [5, 5.41) is 32.9. The van der Waals surface area contributed by atoms with Crippen molar-refractivity contribution >= 4 is 12.1 Å². The first-order valence-corrected chi connectivity index (χ1v) is 11.0. The number of alkyl carbamates (subject to hydrolysis) is 1. The van der Waals surface area contributed by atoms with Crippen LogP contribution >= 0.6 is 0 Å². The average Bonchev–Trinajstić information content (AvgIpc) is 2.65. The maximum Gasteiger partial charge on any atom is 0.407 e. The van der Waals surface area contributed by atoms with Gasteiger partial charge in [0.25, 0.3) is 0 Å². The van der Waals surface area contributed by atoms with Gasteiger partial charge in [-0.2, -0.15) is 0 Å². The molecule has 0 aliphatic rings. The molecule has 1 aromatic carbocycles. The second-order valence-electron chi connectivity index (χ2n) is 9.75. The van der Waals surface area contributed by atoms with E-state index in [0.29, 0.717) is 18.6 Å². The smallest absolute Gasteiger partial charge is 0.407 e. The van der Waals surface area contributed by atoms with Gasteiger partial charge in [0.2, 0.25) is 0 Å². The van der Waals surface area contributed by atoms with Gasteiger partial charge in [0, 0.05) is 0 Å². The molecule has 4 N–H and O–H groups in total. The molecule has 0 spiro atoms. The van der Waals surface area contributed by atoms with E-state index in [2.05, 4.69) is 5.32 Å². The van der Waals surface area contributed by atoms with E-state index in [-0.39, 0.29) is 24.0 Å². The van der Waals surface area contributed by atoms with Crippen LogP contribution in [0.2, 0.25) is 0 Å². The summed E-state index contributed by atoms with van der Waals surface area (Å²) in [6, 6.07) is 4.52. The molecule has 8 heteroatoms. The minimum Gasteiger partial charge on any atom is -0.504 e. The summed E-state index contributed by atoms with van der Waals surface area (Å²) < 4.78 is 10.4. The first kappa shape index (κ1) is 27.6. The summed E-state index contributed by atoms with van der Waals surface area (Å²) >= 11 is 0. The van der Waals surface area contributed by atoms with E-state index in [1.165, 1.54) is 14.0 Å². The third-order valence-corrected chi connectivity index (χ3v) is 5.42. The molecular formula is C24H39NO7. The summed E-state index contributed by atoms with van der Waals surface area (Å²) in [4.78, 5) is 23.7. The number of aliphatic hydroxyl groups is 1. The number of carboxylic acid groups (broad SMARTS) is 1. The molecule has 0 aliphatic heterocycles. The Hall–Kier alpha value is -2.48. The number of carbonyl (C=O) groups is 2. The van der Waals surface area contributed by atoms with E-state index in [1.807, 2.05) is 19.9 Å². The molecule has 32 heavy (non-hydrogen) atoms. The highest BCUT2D eigenvalue weighted by molar-refractivity contribution is 5.70. The van der Waals surface area contributed by atoms with Crippen LogP contribution < -0.4 is 10.1 Å². The lowest BCUT2D eigenvalue weighted by molar-refractivity contribution is -0.142. The number of phenolic OH excluding ortho intramolecular Hbond substituents is 1. The van der Waals surface area contributed by atoms with Crippen molar-refractivity contribution in [1.29, 1.82) is 0 Å². The lowest BCUT2D eigenvalue weighted by Gasteiger charge is -2.32. The Morgan fingerprint density at radius 1 is 1.12 bits per heavy atom. The molecule has 4 atom stereocenters. The van der Waals surface area contributed by atoms with Crippen LogP contribution in [0.25, 0.3) is 0 Å². The lowest BCUT2D eigenvalue weighted by atomic mass is 9.82. The van der Waals surface area contributed by atoms with Crippen LogP contribution in [0.15, 0.2) is 18.2 Å². The Morgan fingerprint density at radius 3 is 2.22 bits per heavy atom. The van der Waals surface area contributed by atoms with Crippen molar-refractivity contribution in [1.82, 2.24) is 5.32 Å². The van der Waals surface area contributed by atoms with Gasteiger partial charge < -0.3 is 30.1 Å². The van der Waals surface area contributed by atoms with Gasteiger partial charge >= 0.3 is 12.1 Å². The second-order valence-corrected chi connectivity index (χ2v) is 9.75. The number of ether oxygens (including phenoxy) is 2. The van der Waals surface area contributed by atoms with Crippen LogP contribution in [-0.2, 0) is 16.0 Å². The summed E-state index contributed by atoms with van der Waals surface area (Å²) in [6.45, 7) is 10.9. The van der Waals surface area contributed by atoms with Crippen molar-refractivity contribution in [3.63, 3.8) is 0 Å². The number of amides is 1. The zero-order valence-electron chi connectivity index (χ0n) is 20.2. The van der Waals surface area contributed by atoms with E-state index >= 15 is 0 Å². The number of nitrogens with one attached hydrogen (secondary N) is 1. The molecule has 0 heterocycles. The Balaban J connectivity index is 3.06. The van der Waals surface area contributed by atoms with Gasteiger partial charge in [0.1, 0.15) is 5.60 Å². The molecule has 0 fully saturated rings. The predicted molar refractivity (Wildman–Crippen MR) is 122 cm³/mol. The fraction of sp³-hybridized carbons (Fsp3) is 0.667. The number of hydrogen-bond donors (Lipinski definition) is 4. The van der Waals surface area contributed by atoms with Gasteiger partial charge in [-0.15, -0.1) is 0 Å². The van der Waals surface area contributed by atoms with Crippen LogP contribution in [0.3, 0.4) is 0 Å². The van der Waals surface area contributed by atoms with Gasteiger partial charge in [-0.1, -0.05) is 26.8 Å². The summed E-state index contributed by atoms with van der Waals surface area (Å²) in [5.41, 5.74) is 0.192. The number of benzene rings is 1. The van der Waals surface area contributed by atoms with E-state index in [1.54, 1.807) is 32.9 Å². The van der Waals surface area contributed by atoms with Crippen LogP contribution in [0.1, 0.15) is 59.9 Å². The van der Waals surface area contributed by atoms with Crippen molar-refractivity contribution < 1.29 is 34.4 Å². The third kappa shape index (κ3) is 9.34. The number of methoxy groups -OCH3 is 1. The molecule has 0 radical (unpaired) electrons. The number of hydrogen-bond acceptors (Lipinski definition) is 6. The summed E-state index contributed by atoms with van der Waals surface area (Å²) in [6.07, 6.45) is -0.697. The zero-order chi connectivity index (χ0) is 24.6. The maximum atomic E-state index is 12.4. The minimum atomic E-state index is -1.06. The average molecular weight is 454 g/mol. The number of rotatable bonds is 11. The van der Waals surface area contributed by atoms with Crippen LogP contribution in [0.4, 0.5) is 4.79 Å². The molecule has 0 unspecified atom stereocenters. The monoisotopic (exact) mass is 453 g/mol. The fourth-order valence-electron chi connectivity index (χ4n) is 3.48.